The van der Waals surface area contributed by atoms with Gasteiger partial charge in [-0.1, -0.05) is 6.92 Å². The molecule has 1 rings (SSSR count). The van der Waals surface area contributed by atoms with Crippen LogP contribution in [-0.4, -0.2) is 6.21 Å². The molecule has 3 heteroatoms. The zero-order chi connectivity index (χ0) is 8.27. The van der Waals surface area contributed by atoms with E-state index in [2.05, 4.69) is 11.9 Å². The van der Waals surface area contributed by atoms with Gasteiger partial charge in [0.25, 0.3) is 0 Å². The summed E-state index contributed by atoms with van der Waals surface area (Å²) in [6.45, 7) is 4.09. The first-order valence-electron chi connectivity index (χ1n) is 3.62. The van der Waals surface area contributed by atoms with Crippen LogP contribution in [0.3, 0.4) is 0 Å². The molecule has 0 aliphatic rings. The third-order valence-corrected chi connectivity index (χ3v) is 2.15. The summed E-state index contributed by atoms with van der Waals surface area (Å²) < 4.78 is 0. The van der Waals surface area contributed by atoms with Crippen LogP contribution in [0, 0.1) is 6.92 Å². The maximum Gasteiger partial charge on any atom is 0.112 e. The summed E-state index contributed by atoms with van der Waals surface area (Å²) in [5, 5.41) is 0.812. The Morgan fingerprint density at radius 2 is 2.45 bits per heavy atom. The van der Waals surface area contributed by atoms with Crippen LogP contribution in [0.15, 0.2) is 11.1 Å². The lowest BCUT2D eigenvalue weighted by Gasteiger charge is -1.86. The monoisotopic (exact) mass is 168 g/mol. The molecular formula is C8H12N2S. The zero-order valence-corrected chi connectivity index (χ0v) is 7.61. The summed E-state index contributed by atoms with van der Waals surface area (Å²) in [5.41, 5.74) is 6.60. The van der Waals surface area contributed by atoms with E-state index in [0.717, 1.165) is 17.1 Å². The fraction of sp³-hybridized carbons (Fsp3) is 0.375. The summed E-state index contributed by atoms with van der Waals surface area (Å²) in [4.78, 5) is 5.42. The third kappa shape index (κ3) is 2.05. The van der Waals surface area contributed by atoms with Crippen molar-refractivity contribution in [1.29, 1.82) is 0 Å². The van der Waals surface area contributed by atoms with E-state index in [0.29, 0.717) is 0 Å². The second-order valence-corrected chi connectivity index (χ2v) is 3.61. The summed E-state index contributed by atoms with van der Waals surface area (Å²) in [7, 11) is 0. The summed E-state index contributed by atoms with van der Waals surface area (Å²) in [6, 6.07) is 2.01. The van der Waals surface area contributed by atoms with E-state index in [1.54, 1.807) is 11.3 Å². The molecule has 0 fully saturated rings. The molecule has 0 saturated carbocycles. The number of nitrogens with two attached hydrogens (primary N) is 1. The van der Waals surface area contributed by atoms with E-state index in [1.165, 1.54) is 4.88 Å². The van der Waals surface area contributed by atoms with Gasteiger partial charge in [-0.05, 0) is 19.4 Å². The summed E-state index contributed by atoms with van der Waals surface area (Å²) >= 11 is 1.58. The van der Waals surface area contributed by atoms with Crippen molar-refractivity contribution in [2.45, 2.75) is 20.3 Å². The molecule has 0 atom stereocenters. The number of hydrogen-bond donors (Lipinski definition) is 1. The van der Waals surface area contributed by atoms with Gasteiger partial charge < -0.3 is 5.73 Å². The lowest BCUT2D eigenvalue weighted by molar-refractivity contribution is 1.31. The van der Waals surface area contributed by atoms with Gasteiger partial charge in [-0.15, -0.1) is 11.3 Å². The molecule has 0 aromatic carbocycles. The predicted molar refractivity (Wildman–Crippen MR) is 51.9 cm³/mol. The highest BCUT2D eigenvalue weighted by atomic mass is 32.1. The van der Waals surface area contributed by atoms with Crippen LogP contribution in [0.4, 0.5) is 10.7 Å². The summed E-state index contributed by atoms with van der Waals surface area (Å²) in [6.07, 6.45) is 2.83. The highest BCUT2D eigenvalue weighted by molar-refractivity contribution is 7.16. The highest BCUT2D eigenvalue weighted by Gasteiger charge is 1.99. The first-order chi connectivity index (χ1) is 5.24. The fourth-order valence-corrected chi connectivity index (χ4v) is 1.54. The first kappa shape index (κ1) is 8.27. The molecule has 2 nitrogen and oxygen atoms in total. The van der Waals surface area contributed by atoms with Crippen LogP contribution in [0.25, 0.3) is 0 Å². The largest absolute Gasteiger partial charge is 0.389 e. The van der Waals surface area contributed by atoms with Crippen molar-refractivity contribution in [2.24, 2.45) is 4.99 Å². The fourth-order valence-electron chi connectivity index (χ4n) is 0.809. The van der Waals surface area contributed by atoms with E-state index >= 15 is 0 Å². The number of anilines is 1. The molecule has 1 aromatic heterocycles. The number of aryl methyl sites for hydroxylation is 1. The van der Waals surface area contributed by atoms with E-state index in [-0.39, 0.29) is 0 Å². The Labute approximate surface area is 70.8 Å². The van der Waals surface area contributed by atoms with Gasteiger partial charge >= 0.3 is 0 Å². The molecule has 0 saturated heterocycles. The Morgan fingerprint density at radius 1 is 1.73 bits per heavy atom. The van der Waals surface area contributed by atoms with Gasteiger partial charge in [0.2, 0.25) is 0 Å². The smallest absolute Gasteiger partial charge is 0.112 e. The zero-order valence-electron chi connectivity index (χ0n) is 6.79. The third-order valence-electron chi connectivity index (χ3n) is 1.28. The van der Waals surface area contributed by atoms with Crippen LogP contribution in [0.2, 0.25) is 0 Å². The van der Waals surface area contributed by atoms with Gasteiger partial charge in [-0.2, -0.15) is 0 Å². The van der Waals surface area contributed by atoms with E-state index < -0.39 is 0 Å². The molecular weight excluding hydrogens is 156 g/mol. The van der Waals surface area contributed by atoms with Crippen molar-refractivity contribution in [3.63, 3.8) is 0 Å². The van der Waals surface area contributed by atoms with Crippen LogP contribution < -0.4 is 5.73 Å². The minimum absolute atomic E-state index is 0.812. The normalized spacial score (nSPS) is 11.1. The number of nitrogen functional groups attached to an aromatic ring is 1. The molecule has 1 heterocycles. The lowest BCUT2D eigenvalue weighted by atomic mass is 10.4. The second kappa shape index (κ2) is 3.53. The minimum Gasteiger partial charge on any atom is -0.389 e. The Morgan fingerprint density at radius 3 is 2.91 bits per heavy atom. The molecule has 0 radical (unpaired) electrons. The number of thiophene rings is 1. The number of nitrogens with zero attached hydrogens (tertiary/aromatic N) is 1. The molecule has 2 N–H and O–H groups in total. The summed E-state index contributed by atoms with van der Waals surface area (Å²) in [5.74, 6) is 0. The number of aliphatic imine (C=N–C) groups is 1. The van der Waals surface area contributed by atoms with E-state index in [1.807, 2.05) is 19.2 Å². The van der Waals surface area contributed by atoms with Gasteiger partial charge in [-0.3, -0.25) is 4.99 Å². The van der Waals surface area contributed by atoms with Gasteiger partial charge in [0.1, 0.15) is 5.00 Å². The second-order valence-electron chi connectivity index (χ2n) is 2.33. The molecule has 0 spiro atoms. The van der Waals surface area contributed by atoms with Crippen molar-refractivity contribution < 1.29 is 0 Å². The first-order valence-corrected chi connectivity index (χ1v) is 4.44. The lowest BCUT2D eigenvalue weighted by Crippen LogP contribution is -1.77. The van der Waals surface area contributed by atoms with Crippen molar-refractivity contribution in [3.8, 4) is 0 Å². The Balaban J connectivity index is 2.85. The van der Waals surface area contributed by atoms with Gasteiger partial charge in [0.15, 0.2) is 0 Å². The van der Waals surface area contributed by atoms with Crippen LogP contribution in [-0.2, 0) is 0 Å². The molecule has 0 bridgehead atoms. The van der Waals surface area contributed by atoms with E-state index in [4.69, 9.17) is 5.73 Å². The van der Waals surface area contributed by atoms with Gasteiger partial charge in [0, 0.05) is 11.1 Å². The van der Waals surface area contributed by atoms with Crippen molar-refractivity contribution in [3.05, 3.63) is 10.9 Å². The molecule has 0 aliphatic carbocycles. The molecule has 0 aliphatic heterocycles. The Kier molecular flexibility index (Phi) is 2.65. The van der Waals surface area contributed by atoms with Crippen molar-refractivity contribution in [1.82, 2.24) is 0 Å². The Hall–Kier alpha value is -0.830. The SMILES string of the molecule is CCC=Nc1cc(C)sc1N. The standard InChI is InChI=1S/C8H12N2S/c1-3-4-10-7-5-6(2)11-8(7)9/h4-5H,3,9H2,1-2H3. The van der Waals surface area contributed by atoms with Gasteiger partial charge in [-0.25, -0.2) is 0 Å². The molecule has 0 amide bonds. The molecule has 60 valence electrons. The number of rotatable bonds is 2. The van der Waals surface area contributed by atoms with Gasteiger partial charge in [0.05, 0.1) is 5.69 Å². The van der Waals surface area contributed by atoms with Crippen LogP contribution in [0.5, 0.6) is 0 Å². The average molecular weight is 168 g/mol. The topological polar surface area (TPSA) is 38.4 Å². The van der Waals surface area contributed by atoms with E-state index in [9.17, 15) is 0 Å². The number of hydrogen-bond acceptors (Lipinski definition) is 3. The minimum atomic E-state index is 0.812. The van der Waals surface area contributed by atoms with Crippen molar-refractivity contribution >= 4 is 28.2 Å². The molecule has 1 aromatic rings. The predicted octanol–water partition coefficient (Wildman–Crippen LogP) is 2.75. The maximum atomic E-state index is 5.69. The van der Waals surface area contributed by atoms with Crippen LogP contribution in [0.1, 0.15) is 18.2 Å². The highest BCUT2D eigenvalue weighted by Crippen LogP contribution is 2.31. The van der Waals surface area contributed by atoms with Crippen molar-refractivity contribution in [2.75, 3.05) is 5.73 Å². The molecule has 11 heavy (non-hydrogen) atoms. The maximum absolute atomic E-state index is 5.69. The van der Waals surface area contributed by atoms with Crippen LogP contribution >= 0.6 is 11.3 Å². The quantitative estimate of drug-likeness (QED) is 0.677. The molecule has 0 unspecified atom stereocenters. The average Bonchev–Trinajstić information content (AvgIpc) is 2.26. The Bertz CT molecular complexity index is 263.